The first-order chi connectivity index (χ1) is 4.06. The molecule has 0 aliphatic carbocycles. The summed E-state index contributed by atoms with van der Waals surface area (Å²) in [6.07, 6.45) is 2.40. The first-order valence-corrected chi connectivity index (χ1v) is 3.70. The second-order valence-electron chi connectivity index (χ2n) is 3.31. The molecule has 0 saturated carbocycles. The molecule has 0 amide bonds. The summed E-state index contributed by atoms with van der Waals surface area (Å²) in [6.45, 7) is 9.33. The maximum atomic E-state index is 5.47. The van der Waals surface area contributed by atoms with E-state index in [1.165, 1.54) is 12.8 Å². The van der Waals surface area contributed by atoms with Crippen molar-refractivity contribution in [3.05, 3.63) is 0 Å². The van der Waals surface area contributed by atoms with Crippen LogP contribution in [0, 0.1) is 0 Å². The van der Waals surface area contributed by atoms with Crippen molar-refractivity contribution >= 4 is 37.7 Å². The minimum absolute atomic E-state index is 0. The summed E-state index contributed by atoms with van der Waals surface area (Å²) >= 11 is 0. The number of ether oxygens (including phenoxy) is 1. The van der Waals surface area contributed by atoms with Gasteiger partial charge in [-0.1, -0.05) is 13.3 Å². The predicted molar refractivity (Wildman–Crippen MR) is 54.9 cm³/mol. The molecule has 0 aliphatic heterocycles. The summed E-state index contributed by atoms with van der Waals surface area (Å²) in [5, 5.41) is 0. The summed E-state index contributed by atoms with van der Waals surface area (Å²) in [5.41, 5.74) is 0.0508. The number of rotatable bonds is 3. The Hall–Kier alpha value is 1.15. The van der Waals surface area contributed by atoms with Gasteiger partial charge in [-0.2, -0.15) is 0 Å². The topological polar surface area (TPSA) is 9.23 Å². The number of hydrogen-bond acceptors (Lipinski definition) is 1. The van der Waals surface area contributed by atoms with Crippen LogP contribution in [0.25, 0.3) is 0 Å². The molecular formula is C8H20Li2O. The van der Waals surface area contributed by atoms with E-state index < -0.39 is 0 Å². The van der Waals surface area contributed by atoms with Gasteiger partial charge in [-0.25, -0.2) is 0 Å². The Bertz CT molecular complexity index is 69.0. The number of unbranched alkanes of at least 4 members (excludes halogenated alkanes) is 1. The van der Waals surface area contributed by atoms with Gasteiger partial charge in [-0.15, -0.1) is 0 Å². The van der Waals surface area contributed by atoms with E-state index in [2.05, 4.69) is 27.7 Å². The summed E-state index contributed by atoms with van der Waals surface area (Å²) in [4.78, 5) is 0. The van der Waals surface area contributed by atoms with Gasteiger partial charge in [0.25, 0.3) is 0 Å². The van der Waals surface area contributed by atoms with Crippen molar-refractivity contribution in [2.45, 2.75) is 46.1 Å². The van der Waals surface area contributed by atoms with E-state index in [0.29, 0.717) is 0 Å². The molecule has 0 N–H and O–H groups in total. The van der Waals surface area contributed by atoms with Crippen molar-refractivity contribution in [3.8, 4) is 0 Å². The Morgan fingerprint density at radius 2 is 1.55 bits per heavy atom. The quantitative estimate of drug-likeness (QED) is 0.430. The zero-order valence-corrected chi connectivity index (χ0v) is 7.03. The zero-order valence-electron chi connectivity index (χ0n) is 7.03. The van der Waals surface area contributed by atoms with Crippen molar-refractivity contribution in [2.24, 2.45) is 0 Å². The van der Waals surface area contributed by atoms with Crippen molar-refractivity contribution in [3.63, 3.8) is 0 Å². The molecule has 11 heavy (non-hydrogen) atoms. The van der Waals surface area contributed by atoms with Crippen LogP contribution in [-0.4, -0.2) is 49.9 Å². The molecule has 0 aromatic rings. The average Bonchev–Trinajstić information content (AvgIpc) is 1.63. The van der Waals surface area contributed by atoms with Crippen LogP contribution in [0.1, 0.15) is 40.5 Å². The fourth-order valence-corrected chi connectivity index (χ4v) is 0.523. The van der Waals surface area contributed by atoms with E-state index in [1.54, 1.807) is 0 Å². The molecule has 0 unspecified atom stereocenters. The van der Waals surface area contributed by atoms with Gasteiger partial charge in [0.15, 0.2) is 0 Å². The van der Waals surface area contributed by atoms with Crippen LogP contribution in [0.3, 0.4) is 0 Å². The third kappa shape index (κ3) is 18.3. The number of hydrogen-bond donors (Lipinski definition) is 0. The van der Waals surface area contributed by atoms with Crippen LogP contribution >= 0.6 is 0 Å². The predicted octanol–water partition coefficient (Wildman–Crippen LogP) is 1.30. The van der Waals surface area contributed by atoms with Crippen LogP contribution in [0.5, 0.6) is 0 Å². The minimum atomic E-state index is 0. The van der Waals surface area contributed by atoms with Crippen LogP contribution in [0.4, 0.5) is 0 Å². The van der Waals surface area contributed by atoms with Gasteiger partial charge in [-0.05, 0) is 27.2 Å². The van der Waals surface area contributed by atoms with E-state index in [1.807, 2.05) is 0 Å². The normalized spacial score (nSPS) is 9.82. The fourth-order valence-electron chi connectivity index (χ4n) is 0.523. The molecule has 0 bridgehead atoms. The van der Waals surface area contributed by atoms with Gasteiger partial charge in [0.1, 0.15) is 0 Å². The molecule has 0 aromatic heterocycles. The van der Waals surface area contributed by atoms with E-state index >= 15 is 0 Å². The third-order valence-corrected chi connectivity index (χ3v) is 1.03. The standard InChI is InChI=1S/C8H18O.2Li.2H/c1-5-6-7-9-8(2,3)4;;;;/h5-7H2,1-4H3;;;;. The van der Waals surface area contributed by atoms with E-state index in [-0.39, 0.29) is 43.3 Å². The van der Waals surface area contributed by atoms with Crippen molar-refractivity contribution in [1.29, 1.82) is 0 Å². The molecule has 0 fully saturated rings. The molecule has 0 saturated heterocycles. The molecule has 1 nitrogen and oxygen atoms in total. The van der Waals surface area contributed by atoms with Gasteiger partial charge in [0, 0.05) is 6.61 Å². The van der Waals surface area contributed by atoms with Gasteiger partial charge in [0.05, 0.1) is 5.60 Å². The van der Waals surface area contributed by atoms with Crippen LogP contribution in [0.2, 0.25) is 0 Å². The summed E-state index contributed by atoms with van der Waals surface area (Å²) in [7, 11) is 0. The fraction of sp³-hybridized carbons (Fsp3) is 1.00. The first-order valence-electron chi connectivity index (χ1n) is 3.70. The Kier molecular flexibility index (Phi) is 15.2. The van der Waals surface area contributed by atoms with Crippen LogP contribution in [0.15, 0.2) is 0 Å². The second kappa shape index (κ2) is 9.24. The van der Waals surface area contributed by atoms with Gasteiger partial charge >= 0.3 is 37.7 Å². The SMILES string of the molecule is CCCCOC(C)(C)C.[LiH].[LiH]. The Labute approximate surface area is 95.0 Å². The molecular weight excluding hydrogens is 126 g/mol. The zero-order chi connectivity index (χ0) is 7.33. The van der Waals surface area contributed by atoms with Crippen molar-refractivity contribution in [2.75, 3.05) is 6.61 Å². The third-order valence-electron chi connectivity index (χ3n) is 1.03. The summed E-state index contributed by atoms with van der Waals surface area (Å²) in [5.74, 6) is 0. The van der Waals surface area contributed by atoms with Crippen molar-refractivity contribution < 1.29 is 4.74 Å². The molecule has 0 aromatic carbocycles. The van der Waals surface area contributed by atoms with E-state index in [4.69, 9.17) is 4.74 Å². The monoisotopic (exact) mass is 146 g/mol. The molecule has 60 valence electrons. The molecule has 0 spiro atoms. The van der Waals surface area contributed by atoms with E-state index in [0.717, 1.165) is 6.61 Å². The summed E-state index contributed by atoms with van der Waals surface area (Å²) < 4.78 is 5.47. The van der Waals surface area contributed by atoms with Gasteiger partial charge in [-0.3, -0.25) is 0 Å². The van der Waals surface area contributed by atoms with Crippen molar-refractivity contribution in [1.82, 2.24) is 0 Å². The van der Waals surface area contributed by atoms with Crippen LogP contribution in [-0.2, 0) is 4.74 Å². The van der Waals surface area contributed by atoms with Crippen LogP contribution < -0.4 is 0 Å². The first kappa shape index (κ1) is 18.0. The van der Waals surface area contributed by atoms with Gasteiger partial charge < -0.3 is 4.74 Å². The Morgan fingerprint density at radius 1 is 1.09 bits per heavy atom. The molecule has 0 rings (SSSR count). The Balaban J connectivity index is -0.000000320. The molecule has 0 heterocycles. The maximum absolute atomic E-state index is 5.47. The average molecular weight is 146 g/mol. The summed E-state index contributed by atoms with van der Waals surface area (Å²) in [6, 6.07) is 0. The molecule has 0 atom stereocenters. The van der Waals surface area contributed by atoms with E-state index in [9.17, 15) is 0 Å². The Morgan fingerprint density at radius 3 is 1.82 bits per heavy atom. The molecule has 3 heteroatoms. The second-order valence-corrected chi connectivity index (χ2v) is 3.31. The van der Waals surface area contributed by atoms with Gasteiger partial charge in [0.2, 0.25) is 0 Å². The molecule has 0 radical (unpaired) electrons. The molecule has 0 aliphatic rings.